The van der Waals surface area contributed by atoms with E-state index < -0.39 is 21.7 Å². The molecule has 152 valence electrons. The largest absolute Gasteiger partial charge is 0.334 e. The number of aromatic nitrogens is 2. The lowest BCUT2D eigenvalue weighted by Crippen LogP contribution is -2.38. The number of benzene rings is 2. The van der Waals surface area contributed by atoms with E-state index in [-0.39, 0.29) is 23.9 Å². The zero-order valence-electron chi connectivity index (χ0n) is 15.7. The molecule has 0 atom stereocenters. The maximum absolute atomic E-state index is 13.4. The second-order valence-electron chi connectivity index (χ2n) is 7.11. The van der Waals surface area contributed by atoms with Crippen molar-refractivity contribution in [2.75, 3.05) is 13.1 Å². The minimum absolute atomic E-state index is 0.0481. The van der Waals surface area contributed by atoms with Gasteiger partial charge in [0.1, 0.15) is 11.6 Å². The Hall–Kier alpha value is -2.65. The van der Waals surface area contributed by atoms with Crippen molar-refractivity contribution in [3.8, 4) is 11.5 Å². The van der Waals surface area contributed by atoms with Gasteiger partial charge in [-0.05, 0) is 44.0 Å². The van der Waals surface area contributed by atoms with Gasteiger partial charge in [-0.3, -0.25) is 0 Å². The second-order valence-corrected chi connectivity index (χ2v) is 9.05. The van der Waals surface area contributed by atoms with Crippen LogP contribution in [-0.2, 0) is 10.0 Å². The SMILES string of the molecule is Cc1cccc(-c2nc(C3CCN(S(=O)(=O)c4cc(F)cc(F)c4)CC3)no2)c1. The minimum Gasteiger partial charge on any atom is -0.334 e. The number of rotatable bonds is 4. The average molecular weight is 419 g/mol. The molecule has 6 nitrogen and oxygen atoms in total. The van der Waals surface area contributed by atoms with Gasteiger partial charge in [-0.1, -0.05) is 22.9 Å². The molecular weight excluding hydrogens is 400 g/mol. The third-order valence-corrected chi connectivity index (χ3v) is 6.88. The summed E-state index contributed by atoms with van der Waals surface area (Å²) in [6.45, 7) is 2.39. The van der Waals surface area contributed by atoms with Crippen molar-refractivity contribution < 1.29 is 21.7 Å². The highest BCUT2D eigenvalue weighted by Gasteiger charge is 2.32. The maximum Gasteiger partial charge on any atom is 0.257 e. The quantitative estimate of drug-likeness (QED) is 0.641. The number of halogens is 2. The van der Waals surface area contributed by atoms with Crippen LogP contribution in [0, 0.1) is 18.6 Å². The topological polar surface area (TPSA) is 76.3 Å². The molecule has 29 heavy (non-hydrogen) atoms. The highest BCUT2D eigenvalue weighted by molar-refractivity contribution is 7.89. The summed E-state index contributed by atoms with van der Waals surface area (Å²) >= 11 is 0. The van der Waals surface area contributed by atoms with Gasteiger partial charge in [0.2, 0.25) is 10.0 Å². The molecule has 1 fully saturated rings. The molecule has 0 radical (unpaired) electrons. The Labute approximate surface area is 167 Å². The summed E-state index contributed by atoms with van der Waals surface area (Å²) in [5, 5.41) is 4.06. The lowest BCUT2D eigenvalue weighted by atomic mass is 9.97. The third kappa shape index (κ3) is 4.06. The molecule has 0 aliphatic carbocycles. The van der Waals surface area contributed by atoms with Crippen molar-refractivity contribution in [3.05, 3.63) is 65.5 Å². The van der Waals surface area contributed by atoms with E-state index in [0.29, 0.717) is 30.6 Å². The predicted octanol–water partition coefficient (Wildman–Crippen LogP) is 3.89. The fourth-order valence-electron chi connectivity index (χ4n) is 3.48. The van der Waals surface area contributed by atoms with E-state index in [4.69, 9.17) is 4.52 Å². The maximum atomic E-state index is 13.4. The van der Waals surface area contributed by atoms with Gasteiger partial charge in [-0.15, -0.1) is 0 Å². The van der Waals surface area contributed by atoms with Crippen molar-refractivity contribution in [2.24, 2.45) is 0 Å². The van der Waals surface area contributed by atoms with Crippen molar-refractivity contribution in [1.29, 1.82) is 0 Å². The van der Waals surface area contributed by atoms with Crippen molar-refractivity contribution in [3.63, 3.8) is 0 Å². The van der Waals surface area contributed by atoms with Crippen LogP contribution in [0.5, 0.6) is 0 Å². The van der Waals surface area contributed by atoms with Crippen molar-refractivity contribution >= 4 is 10.0 Å². The molecule has 0 spiro atoms. The van der Waals surface area contributed by atoms with E-state index in [1.807, 2.05) is 31.2 Å². The molecule has 3 aromatic rings. The van der Waals surface area contributed by atoms with Gasteiger partial charge in [0.15, 0.2) is 5.82 Å². The van der Waals surface area contributed by atoms with Gasteiger partial charge in [-0.2, -0.15) is 9.29 Å². The van der Waals surface area contributed by atoms with Crippen LogP contribution in [0.25, 0.3) is 11.5 Å². The summed E-state index contributed by atoms with van der Waals surface area (Å²) in [7, 11) is -3.97. The van der Waals surface area contributed by atoms with Crippen molar-refractivity contribution in [2.45, 2.75) is 30.6 Å². The van der Waals surface area contributed by atoms with Gasteiger partial charge in [0.25, 0.3) is 5.89 Å². The molecule has 1 aromatic heterocycles. The monoisotopic (exact) mass is 419 g/mol. The fraction of sp³-hybridized carbons (Fsp3) is 0.300. The molecule has 0 N–H and O–H groups in total. The number of hydrogen-bond acceptors (Lipinski definition) is 5. The molecule has 0 bridgehead atoms. The minimum atomic E-state index is -3.97. The van der Waals surface area contributed by atoms with Crippen LogP contribution >= 0.6 is 0 Å². The van der Waals surface area contributed by atoms with Crippen LogP contribution in [0.4, 0.5) is 8.78 Å². The number of piperidine rings is 1. The first-order valence-corrected chi connectivity index (χ1v) is 10.6. The van der Waals surface area contributed by atoms with Gasteiger partial charge in [-0.25, -0.2) is 17.2 Å². The molecule has 0 unspecified atom stereocenters. The van der Waals surface area contributed by atoms with Crippen LogP contribution < -0.4 is 0 Å². The third-order valence-electron chi connectivity index (χ3n) is 5.00. The summed E-state index contributed by atoms with van der Waals surface area (Å²) in [5.41, 5.74) is 1.91. The Balaban J connectivity index is 1.47. The zero-order chi connectivity index (χ0) is 20.6. The Morgan fingerprint density at radius 2 is 1.76 bits per heavy atom. The Kier molecular flexibility index (Phi) is 5.18. The van der Waals surface area contributed by atoms with Crippen LogP contribution in [0.15, 0.2) is 51.9 Å². The fourth-order valence-corrected chi connectivity index (χ4v) is 4.99. The first-order chi connectivity index (χ1) is 13.8. The van der Waals surface area contributed by atoms with E-state index in [1.165, 1.54) is 4.31 Å². The van der Waals surface area contributed by atoms with Gasteiger partial charge in [0, 0.05) is 30.6 Å². The molecular formula is C20H19F2N3O3S. The number of sulfonamides is 1. The van der Waals surface area contributed by atoms with E-state index in [0.717, 1.165) is 23.3 Å². The molecule has 0 amide bonds. The number of nitrogens with zero attached hydrogens (tertiary/aromatic N) is 3. The highest BCUT2D eigenvalue weighted by atomic mass is 32.2. The summed E-state index contributed by atoms with van der Waals surface area (Å²) in [5.74, 6) is -0.930. The lowest BCUT2D eigenvalue weighted by Gasteiger charge is -2.29. The van der Waals surface area contributed by atoms with Crippen LogP contribution in [0.1, 0.15) is 30.1 Å². The normalized spacial score (nSPS) is 16.2. The van der Waals surface area contributed by atoms with Crippen LogP contribution in [-0.4, -0.2) is 36.0 Å². The molecule has 0 saturated carbocycles. The number of aryl methyl sites for hydroxylation is 1. The Morgan fingerprint density at radius 1 is 1.07 bits per heavy atom. The predicted molar refractivity (Wildman–Crippen MR) is 102 cm³/mol. The summed E-state index contributed by atoms with van der Waals surface area (Å²) in [6.07, 6.45) is 0.980. The molecule has 9 heteroatoms. The van der Waals surface area contributed by atoms with Gasteiger partial charge < -0.3 is 4.52 Å². The smallest absolute Gasteiger partial charge is 0.257 e. The molecule has 2 heterocycles. The average Bonchev–Trinajstić information content (AvgIpc) is 3.18. The summed E-state index contributed by atoms with van der Waals surface area (Å²) in [6, 6.07) is 10.0. The van der Waals surface area contributed by atoms with E-state index in [2.05, 4.69) is 10.1 Å². The first-order valence-electron chi connectivity index (χ1n) is 9.20. The van der Waals surface area contributed by atoms with Gasteiger partial charge >= 0.3 is 0 Å². The Morgan fingerprint density at radius 3 is 2.41 bits per heavy atom. The lowest BCUT2D eigenvalue weighted by molar-refractivity contribution is 0.307. The van der Waals surface area contributed by atoms with Crippen LogP contribution in [0.2, 0.25) is 0 Å². The summed E-state index contributed by atoms with van der Waals surface area (Å²) < 4.78 is 58.9. The van der Waals surface area contributed by atoms with E-state index in [9.17, 15) is 17.2 Å². The van der Waals surface area contributed by atoms with Crippen LogP contribution in [0.3, 0.4) is 0 Å². The first kappa shape index (κ1) is 19.7. The molecule has 1 aliphatic heterocycles. The molecule has 4 rings (SSSR count). The molecule has 1 saturated heterocycles. The van der Waals surface area contributed by atoms with Crippen molar-refractivity contribution in [1.82, 2.24) is 14.4 Å². The standard InChI is InChI=1S/C20H19F2N3O3S/c1-13-3-2-4-15(9-13)20-23-19(24-28-20)14-5-7-25(8-6-14)29(26,27)18-11-16(21)10-17(22)12-18/h2-4,9-12,14H,5-8H2,1H3. The van der Waals surface area contributed by atoms with E-state index in [1.54, 1.807) is 0 Å². The van der Waals surface area contributed by atoms with Gasteiger partial charge in [0.05, 0.1) is 4.90 Å². The summed E-state index contributed by atoms with van der Waals surface area (Å²) in [4.78, 5) is 4.09. The number of hydrogen-bond donors (Lipinski definition) is 0. The Bertz CT molecular complexity index is 1120. The highest BCUT2D eigenvalue weighted by Crippen LogP contribution is 2.31. The molecule has 1 aliphatic rings. The second kappa shape index (κ2) is 7.64. The molecule has 2 aromatic carbocycles. The van der Waals surface area contributed by atoms with E-state index >= 15 is 0 Å². The zero-order valence-corrected chi connectivity index (χ0v) is 16.5.